The molecule has 0 saturated heterocycles. The minimum absolute atomic E-state index is 0. The van der Waals surface area contributed by atoms with Gasteiger partial charge in [0.1, 0.15) is 0 Å². The van der Waals surface area contributed by atoms with Crippen LogP contribution in [0.4, 0.5) is 0 Å². The van der Waals surface area contributed by atoms with Gasteiger partial charge in [0.2, 0.25) is 0 Å². The van der Waals surface area contributed by atoms with Crippen LogP contribution in [0.3, 0.4) is 0 Å². The van der Waals surface area contributed by atoms with Crippen LogP contribution in [0.1, 0.15) is 0 Å². The molecule has 0 aromatic carbocycles. The van der Waals surface area contributed by atoms with Gasteiger partial charge in [-0.3, -0.25) is 0 Å². The van der Waals surface area contributed by atoms with Gasteiger partial charge < -0.3 is 20.1 Å². The van der Waals surface area contributed by atoms with Crippen molar-refractivity contribution in [2.45, 2.75) is 0 Å². The van der Waals surface area contributed by atoms with Gasteiger partial charge in [0.05, 0.1) is 0 Å². The van der Waals surface area contributed by atoms with Crippen molar-refractivity contribution in [2.24, 2.45) is 0 Å². The normalized spacial score (nSPS) is 1.50. The zero-order valence-corrected chi connectivity index (χ0v) is 10.3. The van der Waals surface area contributed by atoms with Gasteiger partial charge in [-0.15, -0.1) is 0 Å². The van der Waals surface area contributed by atoms with Crippen molar-refractivity contribution < 1.29 is 0 Å². The molecular weight excluding hydrogens is 323 g/mol. The second kappa shape index (κ2) is 10.1. The number of hydrogen-bond donors (Lipinski definition) is 0. The summed E-state index contributed by atoms with van der Waals surface area (Å²) >= 11 is 4.08. The Morgan fingerprint density at radius 3 is 1.25 bits per heavy atom. The first-order valence-electron chi connectivity index (χ1n) is 0.408. The zero-order chi connectivity index (χ0) is 2.00. The molecule has 0 fully saturated rings. The van der Waals surface area contributed by atoms with Crippen LogP contribution in [0.2, 0.25) is 0 Å². The first-order chi connectivity index (χ1) is 1.00. The Bertz CT molecular complexity index is 6.00. The van der Waals surface area contributed by atoms with Crippen molar-refractivity contribution in [3.05, 3.63) is 7.43 Å². The Kier molecular flexibility index (Phi) is 383. The molecule has 0 nitrogen and oxygen atoms in total. The van der Waals surface area contributed by atoms with E-state index in [4.69, 9.17) is 0 Å². The topological polar surface area (TPSA) is 0 Å². The fourth-order valence-electron chi connectivity index (χ4n) is 0. The second-order valence-corrected chi connectivity index (χ2v) is 0. The number of rotatable bonds is 0. The summed E-state index contributed by atoms with van der Waals surface area (Å²) in [5, 5.41) is 0. The molecule has 0 aromatic heterocycles. The first kappa shape index (κ1) is 151. The maximum absolute atomic E-state index is 4.08. The van der Waals surface area contributed by atoms with E-state index in [1.54, 1.807) is 6.26 Å². The summed E-state index contributed by atoms with van der Waals surface area (Å²) in [6.45, 7) is 0. The van der Waals surface area contributed by atoms with Crippen LogP contribution in [-0.2, 0) is 12.6 Å². The molecule has 0 aliphatic heterocycles. The average molecular weight is 329 g/mol. The smallest absolute Gasteiger partial charge is 0 e. The summed E-state index contributed by atoms with van der Waals surface area (Å²) in [6.07, 6.45) is 1.58. The predicted molar refractivity (Wildman–Crippen MR) is 19.7 cm³/mol. The molecule has 4 heavy (non-hydrogen) atoms. The van der Waals surface area contributed by atoms with Crippen LogP contribution in [-0.4, -0.2) is 6.26 Å². The Hall–Kier alpha value is -0.650. The molecule has 0 unspecified atom stereocenters. The molecule has 0 bridgehead atoms. The van der Waals surface area contributed by atoms with Crippen LogP contribution >= 0.6 is 0 Å². The summed E-state index contributed by atoms with van der Waals surface area (Å²) in [5.74, 6) is 0. The summed E-state index contributed by atoms with van der Waals surface area (Å²) in [7, 11) is 0. The monoisotopic (exact) mass is 329 g/mol. The molecule has 0 aromatic rings. The van der Waals surface area contributed by atoms with E-state index < -0.39 is 0 Å². The Balaban J connectivity index is -0.00000000500. The van der Waals surface area contributed by atoms with E-state index in [-0.39, 0.29) is 7.43 Å². The Morgan fingerprint density at radius 2 is 1.25 bits per heavy atom. The molecule has 0 atom stereocenters. The predicted octanol–water partition coefficient (Wildman–Crippen LogP) is 0.613. The van der Waals surface area contributed by atoms with E-state index in [1.807, 2.05) is 0 Å². The molecule has 24 valence electrons. The van der Waals surface area contributed by atoms with E-state index in [1.165, 1.54) is 0 Å². The molecule has 0 saturated carbocycles. The van der Waals surface area contributed by atoms with Gasteiger partial charge in [-0.05, 0) is 0 Å². The van der Waals surface area contributed by atoms with Gasteiger partial charge in [0.15, 0.2) is 0 Å². The van der Waals surface area contributed by atoms with Crippen molar-refractivity contribution in [1.82, 2.24) is 0 Å². The fourth-order valence-corrected chi connectivity index (χ4v) is 0. The van der Waals surface area contributed by atoms with E-state index >= 15 is 0 Å². The third-order valence-corrected chi connectivity index (χ3v) is 0. The van der Waals surface area contributed by atoms with Crippen LogP contribution in [0, 0.1) is 7.43 Å². The van der Waals surface area contributed by atoms with Crippen molar-refractivity contribution in [2.75, 3.05) is 6.26 Å². The Labute approximate surface area is 27.3 Å². The van der Waals surface area contributed by atoms with Crippen molar-refractivity contribution in [3.8, 4) is 0 Å². The Morgan fingerprint density at radius 1 is 1.25 bits per heavy atom. The molecule has 0 aliphatic carbocycles. The van der Waals surface area contributed by atoms with E-state index in [0.29, 0.717) is 0 Å². The minimum atomic E-state index is 0. The second-order valence-electron chi connectivity index (χ2n) is 0. The third kappa shape index (κ3) is 0.391. The summed E-state index contributed by atoms with van der Waals surface area (Å²) in [5.41, 5.74) is 0. The van der Waals surface area contributed by atoms with Crippen LogP contribution in [0.25, 0.3) is 0 Å². The largest absolute Gasteiger partial charge is 0.796 e. The first-order valence-corrected chi connectivity index (χ1v) is 1.22. The van der Waals surface area contributed by atoms with Crippen LogP contribution in [0.5, 0.6) is 0 Å². The van der Waals surface area contributed by atoms with E-state index in [9.17, 15) is 0 Å². The molecule has 0 amide bonds. The maximum atomic E-state index is 4.08. The summed E-state index contributed by atoms with van der Waals surface area (Å²) in [4.78, 5) is 0. The van der Waals surface area contributed by atoms with Gasteiger partial charge in [0.25, 0.3) is 0 Å². The van der Waals surface area contributed by atoms with Gasteiger partial charge in [-0.25, -0.2) is 0 Å². The fraction of sp³-hybridized carbons (Fsp3) is 0.500. The summed E-state index contributed by atoms with van der Waals surface area (Å²) < 4.78 is 0. The zero-order valence-electron chi connectivity index (χ0n) is 3.12. The van der Waals surface area contributed by atoms with Crippen molar-refractivity contribution in [3.63, 3.8) is 0 Å². The van der Waals surface area contributed by atoms with Crippen LogP contribution in [0.15, 0.2) is 0 Å². The number of hydrogen-bond acceptors (Lipinski definition) is 1. The molecule has 2 heteroatoms. The quantitative estimate of drug-likeness (QED) is 0.464. The standard InChI is InChI=1S/CH4S.CH3.Rf/c1-2;;/h2H,1H3;1H3;/q;-1;/p-1. The molecule has 0 rings (SSSR count). The molecular formula is C2H6RfS-2. The molecule has 0 radical (unpaired) electrons. The molecule has 0 N–H and O–H groups in total. The molecule has 0 heterocycles. The SMILES string of the molecule is C[S-].[CH3-].[Rf]. The van der Waals surface area contributed by atoms with Crippen molar-refractivity contribution >= 4 is 12.6 Å². The van der Waals surface area contributed by atoms with E-state index in [0.717, 1.165) is 0 Å². The minimum Gasteiger partial charge on any atom is -0.796 e. The third-order valence-electron chi connectivity index (χ3n) is 0. The van der Waals surface area contributed by atoms with Gasteiger partial charge in [-0.2, -0.15) is 6.26 Å². The van der Waals surface area contributed by atoms with E-state index in [2.05, 4.69) is 12.6 Å². The maximum Gasteiger partial charge on any atom is 0 e. The van der Waals surface area contributed by atoms with Gasteiger partial charge in [0, 0.05) is 0 Å². The molecule has 0 spiro atoms. The average Bonchev–Trinajstić information content (AvgIpc) is 1.00. The van der Waals surface area contributed by atoms with Crippen LogP contribution < -0.4 is 0 Å². The van der Waals surface area contributed by atoms with Gasteiger partial charge in [-0.1, -0.05) is 0 Å². The molecule has 0 aliphatic rings. The van der Waals surface area contributed by atoms with Crippen molar-refractivity contribution in [1.29, 1.82) is 0 Å². The summed E-state index contributed by atoms with van der Waals surface area (Å²) in [6, 6.07) is 0. The van der Waals surface area contributed by atoms with Gasteiger partial charge >= 0.3 is 0 Å².